The number of hydrogen-bond donors (Lipinski definition) is 1. The number of nitrogens with zero attached hydrogens (tertiary/aromatic N) is 1. The molecule has 0 aliphatic rings. The Labute approximate surface area is 113 Å². The number of benzene rings is 1. The molecule has 0 aliphatic heterocycles. The SMILES string of the molecule is CCn1cc(NCc2cc(F)c(F)cc2F)ccc1=O. The Morgan fingerprint density at radius 1 is 1.10 bits per heavy atom. The zero-order chi connectivity index (χ0) is 14.7. The van der Waals surface area contributed by atoms with Gasteiger partial charge >= 0.3 is 0 Å². The lowest BCUT2D eigenvalue weighted by Crippen LogP contribution is -2.18. The van der Waals surface area contributed by atoms with Gasteiger partial charge in [0, 0.05) is 37.0 Å². The number of rotatable bonds is 4. The van der Waals surface area contributed by atoms with E-state index in [-0.39, 0.29) is 17.7 Å². The third-order valence-electron chi connectivity index (χ3n) is 2.90. The molecule has 0 bridgehead atoms. The predicted molar refractivity (Wildman–Crippen MR) is 70.0 cm³/mol. The molecule has 0 aliphatic carbocycles. The van der Waals surface area contributed by atoms with Crippen molar-refractivity contribution in [3.8, 4) is 0 Å². The summed E-state index contributed by atoms with van der Waals surface area (Å²) in [7, 11) is 0. The van der Waals surface area contributed by atoms with Crippen molar-refractivity contribution in [2.75, 3.05) is 5.32 Å². The third-order valence-corrected chi connectivity index (χ3v) is 2.90. The molecular formula is C14H13F3N2O. The molecule has 1 heterocycles. The zero-order valence-corrected chi connectivity index (χ0v) is 10.8. The van der Waals surface area contributed by atoms with Gasteiger partial charge in [-0.05, 0) is 19.1 Å². The number of pyridine rings is 1. The van der Waals surface area contributed by atoms with E-state index >= 15 is 0 Å². The Kier molecular flexibility index (Phi) is 4.12. The van der Waals surface area contributed by atoms with E-state index in [1.54, 1.807) is 12.3 Å². The molecule has 0 unspecified atom stereocenters. The summed E-state index contributed by atoms with van der Waals surface area (Å²) >= 11 is 0. The van der Waals surface area contributed by atoms with Crippen LogP contribution in [0.1, 0.15) is 12.5 Å². The third kappa shape index (κ3) is 3.01. The molecular weight excluding hydrogens is 269 g/mol. The van der Waals surface area contributed by atoms with Crippen LogP contribution in [0.5, 0.6) is 0 Å². The quantitative estimate of drug-likeness (QED) is 0.875. The van der Waals surface area contributed by atoms with E-state index in [0.717, 1.165) is 6.07 Å². The summed E-state index contributed by atoms with van der Waals surface area (Å²) < 4.78 is 40.8. The highest BCUT2D eigenvalue weighted by Gasteiger charge is 2.09. The Morgan fingerprint density at radius 2 is 1.80 bits per heavy atom. The van der Waals surface area contributed by atoms with Gasteiger partial charge in [0.2, 0.25) is 0 Å². The van der Waals surface area contributed by atoms with E-state index in [0.29, 0.717) is 18.3 Å². The molecule has 1 N–H and O–H groups in total. The summed E-state index contributed by atoms with van der Waals surface area (Å²) in [6.45, 7) is 2.32. The lowest BCUT2D eigenvalue weighted by Gasteiger charge is -2.10. The predicted octanol–water partition coefficient (Wildman–Crippen LogP) is 2.90. The van der Waals surface area contributed by atoms with Crippen molar-refractivity contribution < 1.29 is 13.2 Å². The van der Waals surface area contributed by atoms with Gasteiger partial charge in [0.15, 0.2) is 11.6 Å². The number of aryl methyl sites for hydroxylation is 1. The monoisotopic (exact) mass is 282 g/mol. The van der Waals surface area contributed by atoms with E-state index in [4.69, 9.17) is 0 Å². The average Bonchev–Trinajstić information content (AvgIpc) is 2.43. The Hall–Kier alpha value is -2.24. The van der Waals surface area contributed by atoms with Crippen molar-refractivity contribution in [3.63, 3.8) is 0 Å². The van der Waals surface area contributed by atoms with E-state index in [1.807, 2.05) is 6.92 Å². The fourth-order valence-corrected chi connectivity index (χ4v) is 1.78. The molecule has 2 aromatic rings. The number of hydrogen-bond acceptors (Lipinski definition) is 2. The standard InChI is InChI=1S/C14H13F3N2O/c1-2-19-8-10(3-4-14(19)20)18-7-9-5-12(16)13(17)6-11(9)15/h3-6,8,18H,2,7H2,1H3. The van der Waals surface area contributed by atoms with Gasteiger partial charge < -0.3 is 9.88 Å². The summed E-state index contributed by atoms with van der Waals surface area (Å²) in [5.41, 5.74) is 0.464. The van der Waals surface area contributed by atoms with Crippen molar-refractivity contribution in [1.82, 2.24) is 4.57 Å². The second-order valence-electron chi connectivity index (χ2n) is 4.25. The van der Waals surface area contributed by atoms with Crippen molar-refractivity contribution in [2.24, 2.45) is 0 Å². The highest BCUT2D eigenvalue weighted by Crippen LogP contribution is 2.15. The first-order valence-electron chi connectivity index (χ1n) is 6.09. The topological polar surface area (TPSA) is 34.0 Å². The van der Waals surface area contributed by atoms with E-state index < -0.39 is 17.5 Å². The Balaban J connectivity index is 2.17. The molecule has 0 radical (unpaired) electrons. The van der Waals surface area contributed by atoms with Gasteiger partial charge in [-0.15, -0.1) is 0 Å². The highest BCUT2D eigenvalue weighted by molar-refractivity contribution is 5.41. The molecule has 2 rings (SSSR count). The smallest absolute Gasteiger partial charge is 0.250 e. The molecule has 0 saturated heterocycles. The van der Waals surface area contributed by atoms with Gasteiger partial charge in [-0.25, -0.2) is 13.2 Å². The van der Waals surface area contributed by atoms with Gasteiger partial charge in [0.25, 0.3) is 5.56 Å². The van der Waals surface area contributed by atoms with Gasteiger partial charge in [0.1, 0.15) is 5.82 Å². The zero-order valence-electron chi connectivity index (χ0n) is 10.8. The van der Waals surface area contributed by atoms with Gasteiger partial charge in [-0.2, -0.15) is 0 Å². The molecule has 0 spiro atoms. The maximum Gasteiger partial charge on any atom is 0.250 e. The van der Waals surface area contributed by atoms with Crippen LogP contribution < -0.4 is 10.9 Å². The minimum atomic E-state index is -1.22. The van der Waals surface area contributed by atoms with Crippen LogP contribution in [0.4, 0.5) is 18.9 Å². The van der Waals surface area contributed by atoms with Crippen LogP contribution in [0.2, 0.25) is 0 Å². The number of aromatic nitrogens is 1. The number of halogens is 3. The second-order valence-corrected chi connectivity index (χ2v) is 4.25. The molecule has 0 fully saturated rings. The van der Waals surface area contributed by atoms with Crippen LogP contribution in [0.25, 0.3) is 0 Å². The van der Waals surface area contributed by atoms with E-state index in [1.165, 1.54) is 10.6 Å². The van der Waals surface area contributed by atoms with Crippen LogP contribution in [-0.4, -0.2) is 4.57 Å². The van der Waals surface area contributed by atoms with Gasteiger partial charge in [0.05, 0.1) is 5.69 Å². The van der Waals surface area contributed by atoms with E-state index in [2.05, 4.69) is 5.32 Å². The van der Waals surface area contributed by atoms with Crippen molar-refractivity contribution in [2.45, 2.75) is 20.0 Å². The summed E-state index contributed by atoms with van der Waals surface area (Å²) in [5.74, 6) is -3.13. The number of anilines is 1. The average molecular weight is 282 g/mol. The van der Waals surface area contributed by atoms with Crippen molar-refractivity contribution in [3.05, 3.63) is 63.8 Å². The first-order chi connectivity index (χ1) is 9.51. The van der Waals surface area contributed by atoms with Gasteiger partial charge in [-0.1, -0.05) is 0 Å². The van der Waals surface area contributed by atoms with Crippen molar-refractivity contribution in [1.29, 1.82) is 0 Å². The molecule has 3 nitrogen and oxygen atoms in total. The van der Waals surface area contributed by atoms with Crippen LogP contribution in [-0.2, 0) is 13.1 Å². The van der Waals surface area contributed by atoms with Crippen LogP contribution in [0.15, 0.2) is 35.3 Å². The molecule has 20 heavy (non-hydrogen) atoms. The summed E-state index contributed by atoms with van der Waals surface area (Å²) in [6, 6.07) is 4.26. The Bertz CT molecular complexity index is 683. The molecule has 1 aromatic heterocycles. The van der Waals surface area contributed by atoms with Crippen LogP contribution >= 0.6 is 0 Å². The fraction of sp³-hybridized carbons (Fsp3) is 0.214. The minimum Gasteiger partial charge on any atom is -0.380 e. The summed E-state index contributed by atoms with van der Waals surface area (Å²) in [4.78, 5) is 11.4. The lowest BCUT2D eigenvalue weighted by atomic mass is 10.2. The first-order valence-corrected chi connectivity index (χ1v) is 6.09. The summed E-state index contributed by atoms with van der Waals surface area (Å²) in [6.07, 6.45) is 1.58. The van der Waals surface area contributed by atoms with Crippen molar-refractivity contribution >= 4 is 5.69 Å². The largest absolute Gasteiger partial charge is 0.380 e. The molecule has 0 amide bonds. The molecule has 0 saturated carbocycles. The maximum atomic E-state index is 13.4. The minimum absolute atomic E-state index is 0.00898. The fourth-order valence-electron chi connectivity index (χ4n) is 1.78. The summed E-state index contributed by atoms with van der Waals surface area (Å²) in [5, 5.41) is 2.86. The van der Waals surface area contributed by atoms with E-state index in [9.17, 15) is 18.0 Å². The highest BCUT2D eigenvalue weighted by atomic mass is 19.2. The molecule has 1 aromatic carbocycles. The normalized spacial score (nSPS) is 10.6. The van der Waals surface area contributed by atoms with Gasteiger partial charge in [-0.3, -0.25) is 4.79 Å². The molecule has 106 valence electrons. The lowest BCUT2D eigenvalue weighted by molar-refractivity contribution is 0.490. The maximum absolute atomic E-state index is 13.4. The molecule has 6 heteroatoms. The Morgan fingerprint density at radius 3 is 2.50 bits per heavy atom. The van der Waals surface area contributed by atoms with Crippen LogP contribution in [0.3, 0.4) is 0 Å². The number of nitrogens with one attached hydrogen (secondary N) is 1. The van der Waals surface area contributed by atoms with Crippen LogP contribution in [0, 0.1) is 17.5 Å². The first kappa shape index (κ1) is 14.2. The molecule has 0 atom stereocenters. The second kappa shape index (κ2) is 5.81.